The normalized spacial score (nSPS) is 11.7. The smallest absolute Gasteiger partial charge is 0.264 e. The maximum atomic E-state index is 12.3. The van der Waals surface area contributed by atoms with Gasteiger partial charge in [-0.1, -0.05) is 32.0 Å². The van der Waals surface area contributed by atoms with Crippen LogP contribution in [0.25, 0.3) is 10.6 Å². The van der Waals surface area contributed by atoms with E-state index < -0.39 is 0 Å². The molecule has 2 heterocycles. The maximum Gasteiger partial charge on any atom is 0.264 e. The highest BCUT2D eigenvalue weighted by Crippen LogP contribution is 2.31. The molecule has 2 aromatic heterocycles. The number of benzene rings is 1. The topological polar surface area (TPSA) is 80.3 Å². The Labute approximate surface area is 184 Å². The van der Waals surface area contributed by atoms with Crippen molar-refractivity contribution < 1.29 is 14.3 Å². The van der Waals surface area contributed by atoms with E-state index in [-0.39, 0.29) is 18.4 Å². The van der Waals surface area contributed by atoms with Crippen molar-refractivity contribution in [1.82, 2.24) is 10.3 Å². The summed E-state index contributed by atoms with van der Waals surface area (Å²) >= 11 is 2.94. The number of thiophene rings is 1. The first kappa shape index (κ1) is 22.0. The molecule has 2 N–H and O–H groups in total. The number of para-hydroxylation sites is 1. The molecule has 158 valence electrons. The van der Waals surface area contributed by atoms with E-state index in [1.807, 2.05) is 41.8 Å². The number of hydrogen-bond acceptors (Lipinski definition) is 6. The fraction of sp³-hybridized carbons (Fsp3) is 0.318. The van der Waals surface area contributed by atoms with Gasteiger partial charge in [-0.2, -0.15) is 0 Å². The van der Waals surface area contributed by atoms with Crippen molar-refractivity contribution in [2.24, 2.45) is 0 Å². The number of anilines is 1. The summed E-state index contributed by atoms with van der Waals surface area (Å²) in [5.41, 5.74) is 1.91. The van der Waals surface area contributed by atoms with Gasteiger partial charge in [-0.05, 0) is 36.1 Å². The van der Waals surface area contributed by atoms with Crippen molar-refractivity contribution in [3.63, 3.8) is 0 Å². The molecular weight excluding hydrogens is 418 g/mol. The summed E-state index contributed by atoms with van der Waals surface area (Å²) < 4.78 is 5.77. The van der Waals surface area contributed by atoms with E-state index >= 15 is 0 Å². The predicted octanol–water partition coefficient (Wildman–Crippen LogP) is 5.04. The number of hydrogen-bond donors (Lipinski definition) is 2. The maximum absolute atomic E-state index is 12.3. The van der Waals surface area contributed by atoms with Crippen LogP contribution in [-0.2, 0) is 16.1 Å². The van der Waals surface area contributed by atoms with Crippen LogP contribution >= 0.6 is 22.7 Å². The van der Waals surface area contributed by atoms with Crippen molar-refractivity contribution in [3.8, 4) is 16.3 Å². The van der Waals surface area contributed by atoms with E-state index in [0.717, 1.165) is 33.2 Å². The van der Waals surface area contributed by atoms with Crippen LogP contribution in [-0.4, -0.2) is 23.4 Å². The van der Waals surface area contributed by atoms with E-state index in [1.54, 1.807) is 11.3 Å². The SMILES string of the molecule is CCC(C)c1ccccc1OCC(=O)Nc1nc(-c2ccc(CNC(C)=O)s2)cs1. The van der Waals surface area contributed by atoms with E-state index in [4.69, 9.17) is 4.74 Å². The molecule has 1 aromatic carbocycles. The molecule has 0 aliphatic carbocycles. The second kappa shape index (κ2) is 10.4. The predicted molar refractivity (Wildman–Crippen MR) is 122 cm³/mol. The molecule has 30 heavy (non-hydrogen) atoms. The Kier molecular flexibility index (Phi) is 7.59. The third kappa shape index (κ3) is 5.90. The lowest BCUT2D eigenvalue weighted by atomic mass is 9.98. The highest BCUT2D eigenvalue weighted by Gasteiger charge is 2.13. The number of ether oxygens (including phenoxy) is 1. The zero-order valence-corrected chi connectivity index (χ0v) is 18.9. The molecule has 2 amide bonds. The number of aromatic nitrogens is 1. The Bertz CT molecular complexity index is 1010. The Hall–Kier alpha value is -2.71. The number of amides is 2. The number of nitrogens with zero attached hydrogens (tertiary/aromatic N) is 1. The first-order chi connectivity index (χ1) is 14.5. The van der Waals surface area contributed by atoms with Crippen LogP contribution in [0.3, 0.4) is 0 Å². The molecule has 1 unspecified atom stereocenters. The molecule has 0 radical (unpaired) electrons. The minimum atomic E-state index is -0.243. The molecule has 0 aliphatic rings. The lowest BCUT2D eigenvalue weighted by molar-refractivity contribution is -0.119. The summed E-state index contributed by atoms with van der Waals surface area (Å²) in [5.74, 6) is 0.809. The zero-order chi connectivity index (χ0) is 21.5. The fourth-order valence-electron chi connectivity index (χ4n) is 2.80. The van der Waals surface area contributed by atoms with Crippen LogP contribution < -0.4 is 15.4 Å². The number of carbonyl (C=O) groups is 2. The number of thiazole rings is 1. The molecule has 0 saturated carbocycles. The van der Waals surface area contributed by atoms with E-state index in [0.29, 0.717) is 17.6 Å². The average molecular weight is 444 g/mol. The summed E-state index contributed by atoms with van der Waals surface area (Å²) in [6.07, 6.45) is 1.00. The van der Waals surface area contributed by atoms with Crippen LogP contribution in [0.4, 0.5) is 5.13 Å². The van der Waals surface area contributed by atoms with Gasteiger partial charge in [0.1, 0.15) is 5.75 Å². The van der Waals surface area contributed by atoms with Gasteiger partial charge in [0.25, 0.3) is 5.91 Å². The average Bonchev–Trinajstić information content (AvgIpc) is 3.39. The van der Waals surface area contributed by atoms with Crippen LogP contribution in [0.5, 0.6) is 5.75 Å². The minimum absolute atomic E-state index is 0.0578. The van der Waals surface area contributed by atoms with Gasteiger partial charge in [-0.15, -0.1) is 22.7 Å². The molecule has 3 aromatic rings. The molecule has 0 spiro atoms. The summed E-state index contributed by atoms with van der Waals surface area (Å²) in [6, 6.07) is 11.8. The largest absolute Gasteiger partial charge is 0.483 e. The van der Waals surface area contributed by atoms with Gasteiger partial charge < -0.3 is 10.1 Å². The quantitative estimate of drug-likeness (QED) is 0.486. The Morgan fingerprint density at radius 3 is 2.77 bits per heavy atom. The molecule has 1 atom stereocenters. The van der Waals surface area contributed by atoms with Crippen LogP contribution in [0.2, 0.25) is 0 Å². The van der Waals surface area contributed by atoms with Crippen molar-refractivity contribution in [3.05, 3.63) is 52.2 Å². The molecule has 6 nitrogen and oxygen atoms in total. The van der Waals surface area contributed by atoms with Gasteiger partial charge in [0.05, 0.1) is 17.1 Å². The molecule has 0 aliphatic heterocycles. The summed E-state index contributed by atoms with van der Waals surface area (Å²) in [7, 11) is 0. The van der Waals surface area contributed by atoms with E-state index in [1.165, 1.54) is 18.3 Å². The third-order valence-corrected chi connectivity index (χ3v) is 6.46. The second-order valence-electron chi connectivity index (χ2n) is 6.90. The molecule has 0 saturated heterocycles. The lowest BCUT2D eigenvalue weighted by Gasteiger charge is -2.15. The van der Waals surface area contributed by atoms with Gasteiger partial charge in [-0.25, -0.2) is 4.98 Å². The molecule has 8 heteroatoms. The van der Waals surface area contributed by atoms with Gasteiger partial charge in [0, 0.05) is 17.2 Å². The highest BCUT2D eigenvalue weighted by atomic mass is 32.1. The first-order valence-corrected chi connectivity index (χ1v) is 11.5. The van der Waals surface area contributed by atoms with Crippen molar-refractivity contribution in [2.75, 3.05) is 11.9 Å². The molecule has 0 bridgehead atoms. The van der Waals surface area contributed by atoms with Gasteiger partial charge in [-0.3, -0.25) is 14.9 Å². The number of carbonyl (C=O) groups excluding carboxylic acids is 2. The van der Waals surface area contributed by atoms with Crippen molar-refractivity contribution >= 4 is 39.6 Å². The monoisotopic (exact) mass is 443 g/mol. The molecule has 0 fully saturated rings. The van der Waals surface area contributed by atoms with Crippen molar-refractivity contribution in [2.45, 2.75) is 39.7 Å². The van der Waals surface area contributed by atoms with Gasteiger partial charge >= 0.3 is 0 Å². The second-order valence-corrected chi connectivity index (χ2v) is 8.92. The van der Waals surface area contributed by atoms with Crippen LogP contribution in [0.1, 0.15) is 43.6 Å². The molecular formula is C22H25N3O3S2. The van der Waals surface area contributed by atoms with Crippen LogP contribution in [0, 0.1) is 0 Å². The Morgan fingerprint density at radius 2 is 2.00 bits per heavy atom. The fourth-order valence-corrected chi connectivity index (χ4v) is 4.51. The summed E-state index contributed by atoms with van der Waals surface area (Å²) in [4.78, 5) is 29.9. The Morgan fingerprint density at radius 1 is 1.20 bits per heavy atom. The standard InChI is InChI=1S/C22H25N3O3S2/c1-4-14(2)17-7-5-6-8-19(17)28-12-21(27)25-22-24-18(13-29-22)20-10-9-16(30-20)11-23-15(3)26/h5-10,13-14H,4,11-12H2,1-3H3,(H,23,26)(H,24,25,27). The third-order valence-electron chi connectivity index (χ3n) is 4.60. The number of rotatable bonds is 9. The summed E-state index contributed by atoms with van der Waals surface area (Å²) in [6.45, 7) is 6.21. The van der Waals surface area contributed by atoms with Gasteiger partial charge in [0.15, 0.2) is 11.7 Å². The van der Waals surface area contributed by atoms with E-state index in [2.05, 4.69) is 29.5 Å². The number of nitrogens with one attached hydrogen (secondary N) is 2. The van der Waals surface area contributed by atoms with Gasteiger partial charge in [0.2, 0.25) is 5.91 Å². The molecule has 3 rings (SSSR count). The minimum Gasteiger partial charge on any atom is -0.483 e. The van der Waals surface area contributed by atoms with Crippen LogP contribution in [0.15, 0.2) is 41.8 Å². The highest BCUT2D eigenvalue weighted by molar-refractivity contribution is 7.17. The Balaban J connectivity index is 1.56. The zero-order valence-electron chi connectivity index (χ0n) is 17.2. The van der Waals surface area contributed by atoms with E-state index in [9.17, 15) is 9.59 Å². The lowest BCUT2D eigenvalue weighted by Crippen LogP contribution is -2.20. The summed E-state index contributed by atoms with van der Waals surface area (Å²) in [5, 5.41) is 8.02. The first-order valence-electron chi connectivity index (χ1n) is 9.77. The van der Waals surface area contributed by atoms with Crippen molar-refractivity contribution in [1.29, 1.82) is 0 Å².